The van der Waals surface area contributed by atoms with E-state index in [0.717, 1.165) is 12.8 Å². The second-order valence-corrected chi connectivity index (χ2v) is 4.44. The van der Waals surface area contributed by atoms with Crippen molar-refractivity contribution in [2.45, 2.75) is 25.7 Å². The van der Waals surface area contributed by atoms with Gasteiger partial charge in [-0.3, -0.25) is 4.55 Å². The standard InChI is InChI=1S/C6H12O3S/c7-10(8,9)5-4-6-2-1-3-6/h6H,1-5H2,(H,7,8,9). The molecule has 0 aromatic heterocycles. The smallest absolute Gasteiger partial charge is 0.264 e. The van der Waals surface area contributed by atoms with Crippen LogP contribution in [0.2, 0.25) is 0 Å². The molecule has 0 unspecified atom stereocenters. The van der Waals surface area contributed by atoms with Gasteiger partial charge in [-0.15, -0.1) is 0 Å². The number of hydrogen-bond acceptors (Lipinski definition) is 2. The minimum absolute atomic E-state index is 0.0579. The Labute approximate surface area is 61.2 Å². The molecule has 0 amide bonds. The van der Waals surface area contributed by atoms with E-state index in [0.29, 0.717) is 12.3 Å². The Morgan fingerprint density at radius 2 is 2.00 bits per heavy atom. The first-order valence-electron chi connectivity index (χ1n) is 3.53. The van der Waals surface area contributed by atoms with E-state index in [4.69, 9.17) is 4.55 Å². The van der Waals surface area contributed by atoms with E-state index in [1.54, 1.807) is 0 Å². The molecular weight excluding hydrogens is 152 g/mol. The molecule has 0 aliphatic heterocycles. The van der Waals surface area contributed by atoms with Crippen molar-refractivity contribution in [3.05, 3.63) is 0 Å². The van der Waals surface area contributed by atoms with E-state index in [1.165, 1.54) is 6.42 Å². The highest BCUT2D eigenvalue weighted by molar-refractivity contribution is 7.85. The van der Waals surface area contributed by atoms with Gasteiger partial charge in [0.15, 0.2) is 0 Å². The highest BCUT2D eigenvalue weighted by Gasteiger charge is 2.19. The molecule has 0 spiro atoms. The minimum atomic E-state index is -3.70. The van der Waals surface area contributed by atoms with E-state index < -0.39 is 10.1 Å². The molecule has 0 heterocycles. The van der Waals surface area contributed by atoms with Crippen LogP contribution in [0.5, 0.6) is 0 Å². The molecule has 0 bridgehead atoms. The van der Waals surface area contributed by atoms with Gasteiger partial charge in [0.2, 0.25) is 0 Å². The maximum atomic E-state index is 10.2. The Hall–Kier alpha value is -0.0900. The van der Waals surface area contributed by atoms with Crippen LogP contribution >= 0.6 is 0 Å². The fourth-order valence-electron chi connectivity index (χ4n) is 1.10. The maximum absolute atomic E-state index is 10.2. The summed E-state index contributed by atoms with van der Waals surface area (Å²) in [6.07, 6.45) is 4.13. The number of rotatable bonds is 3. The molecule has 0 aromatic rings. The first kappa shape index (κ1) is 8.01. The Morgan fingerprint density at radius 3 is 2.30 bits per heavy atom. The molecule has 10 heavy (non-hydrogen) atoms. The molecule has 4 heteroatoms. The SMILES string of the molecule is O=S(=O)(O)CCC1CCC1. The van der Waals surface area contributed by atoms with E-state index in [-0.39, 0.29) is 5.75 Å². The van der Waals surface area contributed by atoms with Gasteiger partial charge in [0.25, 0.3) is 10.1 Å². The van der Waals surface area contributed by atoms with Crippen molar-refractivity contribution in [2.24, 2.45) is 5.92 Å². The van der Waals surface area contributed by atoms with Crippen molar-refractivity contribution in [3.8, 4) is 0 Å². The van der Waals surface area contributed by atoms with Gasteiger partial charge >= 0.3 is 0 Å². The van der Waals surface area contributed by atoms with Gasteiger partial charge in [0.05, 0.1) is 5.75 Å². The Kier molecular flexibility index (Phi) is 2.31. The largest absolute Gasteiger partial charge is 0.286 e. The van der Waals surface area contributed by atoms with Crippen LogP contribution in [0.25, 0.3) is 0 Å². The van der Waals surface area contributed by atoms with E-state index in [9.17, 15) is 8.42 Å². The quantitative estimate of drug-likeness (QED) is 0.635. The topological polar surface area (TPSA) is 54.4 Å². The normalized spacial score (nSPS) is 20.5. The highest BCUT2D eigenvalue weighted by Crippen LogP contribution is 2.29. The zero-order valence-electron chi connectivity index (χ0n) is 5.78. The Morgan fingerprint density at radius 1 is 1.40 bits per heavy atom. The maximum Gasteiger partial charge on any atom is 0.264 e. The predicted molar refractivity (Wildman–Crippen MR) is 38.4 cm³/mol. The summed E-state index contributed by atoms with van der Waals surface area (Å²) in [6, 6.07) is 0. The van der Waals surface area contributed by atoms with Crippen molar-refractivity contribution >= 4 is 10.1 Å². The van der Waals surface area contributed by atoms with Crippen LogP contribution in [0.4, 0.5) is 0 Å². The van der Waals surface area contributed by atoms with Gasteiger partial charge < -0.3 is 0 Å². The van der Waals surface area contributed by atoms with Crippen molar-refractivity contribution in [2.75, 3.05) is 5.75 Å². The summed E-state index contributed by atoms with van der Waals surface area (Å²) in [5.74, 6) is 0.499. The third-order valence-electron chi connectivity index (χ3n) is 2.01. The molecule has 1 aliphatic rings. The summed E-state index contributed by atoms with van der Waals surface area (Å²) < 4.78 is 28.8. The zero-order valence-corrected chi connectivity index (χ0v) is 6.60. The van der Waals surface area contributed by atoms with Crippen LogP contribution in [0.15, 0.2) is 0 Å². The predicted octanol–water partition coefficient (Wildman–Crippen LogP) is 1.06. The molecular formula is C6H12O3S. The molecule has 0 aromatic carbocycles. The molecule has 0 atom stereocenters. The lowest BCUT2D eigenvalue weighted by molar-refractivity contribution is 0.305. The van der Waals surface area contributed by atoms with E-state index in [2.05, 4.69) is 0 Å². The molecule has 0 saturated heterocycles. The lowest BCUT2D eigenvalue weighted by atomic mass is 9.84. The average Bonchev–Trinajstić information content (AvgIpc) is 1.56. The van der Waals surface area contributed by atoms with Crippen molar-refractivity contribution in [1.82, 2.24) is 0 Å². The van der Waals surface area contributed by atoms with Crippen molar-refractivity contribution in [1.29, 1.82) is 0 Å². The zero-order chi connectivity index (χ0) is 7.61. The minimum Gasteiger partial charge on any atom is -0.286 e. The third kappa shape index (κ3) is 2.66. The van der Waals surface area contributed by atoms with Gasteiger partial charge in [-0.1, -0.05) is 19.3 Å². The average molecular weight is 164 g/mol. The van der Waals surface area contributed by atoms with E-state index >= 15 is 0 Å². The molecule has 1 fully saturated rings. The van der Waals surface area contributed by atoms with Gasteiger partial charge in [0.1, 0.15) is 0 Å². The second kappa shape index (κ2) is 2.88. The summed E-state index contributed by atoms with van der Waals surface area (Å²) in [6.45, 7) is 0. The molecule has 3 nitrogen and oxygen atoms in total. The van der Waals surface area contributed by atoms with E-state index in [1.807, 2.05) is 0 Å². The monoisotopic (exact) mass is 164 g/mol. The first-order valence-corrected chi connectivity index (χ1v) is 5.14. The van der Waals surface area contributed by atoms with Crippen LogP contribution in [-0.4, -0.2) is 18.7 Å². The highest BCUT2D eigenvalue weighted by atomic mass is 32.2. The van der Waals surface area contributed by atoms with Crippen molar-refractivity contribution in [3.63, 3.8) is 0 Å². The van der Waals surface area contributed by atoms with Crippen LogP contribution in [0.1, 0.15) is 25.7 Å². The summed E-state index contributed by atoms with van der Waals surface area (Å²) in [5.41, 5.74) is 0. The fraction of sp³-hybridized carbons (Fsp3) is 1.00. The van der Waals surface area contributed by atoms with Crippen LogP contribution in [-0.2, 0) is 10.1 Å². The lowest BCUT2D eigenvalue weighted by Gasteiger charge is -2.24. The molecule has 1 N–H and O–H groups in total. The van der Waals surface area contributed by atoms with Gasteiger partial charge in [-0.05, 0) is 12.3 Å². The van der Waals surface area contributed by atoms with Crippen molar-refractivity contribution < 1.29 is 13.0 Å². The Balaban J connectivity index is 2.16. The lowest BCUT2D eigenvalue weighted by Crippen LogP contribution is -2.16. The van der Waals surface area contributed by atoms with Gasteiger partial charge in [-0.2, -0.15) is 8.42 Å². The number of hydrogen-bond donors (Lipinski definition) is 1. The van der Waals surface area contributed by atoms with Gasteiger partial charge in [-0.25, -0.2) is 0 Å². The fourth-order valence-corrected chi connectivity index (χ4v) is 1.73. The summed E-state index contributed by atoms with van der Waals surface area (Å²) in [4.78, 5) is 0. The summed E-state index contributed by atoms with van der Waals surface area (Å²) >= 11 is 0. The van der Waals surface area contributed by atoms with Crippen LogP contribution < -0.4 is 0 Å². The van der Waals surface area contributed by atoms with Crippen LogP contribution in [0.3, 0.4) is 0 Å². The second-order valence-electron chi connectivity index (χ2n) is 2.87. The molecule has 1 rings (SSSR count). The Bertz CT molecular complexity index is 191. The summed E-state index contributed by atoms with van der Waals surface area (Å²) in [5, 5.41) is 0. The first-order chi connectivity index (χ1) is 4.58. The summed E-state index contributed by atoms with van der Waals surface area (Å²) in [7, 11) is -3.70. The molecule has 1 saturated carbocycles. The van der Waals surface area contributed by atoms with Crippen LogP contribution in [0, 0.1) is 5.92 Å². The molecule has 1 aliphatic carbocycles. The van der Waals surface area contributed by atoms with Gasteiger partial charge in [0, 0.05) is 0 Å². The third-order valence-corrected chi connectivity index (χ3v) is 2.76. The molecule has 60 valence electrons. The molecule has 0 radical (unpaired) electrons.